The van der Waals surface area contributed by atoms with E-state index in [1.54, 1.807) is 7.11 Å². The van der Waals surface area contributed by atoms with Crippen LogP contribution in [0.1, 0.15) is 33.6 Å². The highest BCUT2D eigenvalue weighted by Crippen LogP contribution is 2.13. The van der Waals surface area contributed by atoms with Crippen LogP contribution in [0, 0.1) is 0 Å². The van der Waals surface area contributed by atoms with Crippen LogP contribution in [0.5, 0.6) is 0 Å². The average Bonchev–Trinajstić information content (AvgIpc) is 2.23. The maximum Gasteiger partial charge on any atom is 0.236 e. The van der Waals surface area contributed by atoms with Gasteiger partial charge in [-0.1, -0.05) is 29.8 Å². The lowest BCUT2D eigenvalue weighted by Crippen LogP contribution is -2.44. The van der Waals surface area contributed by atoms with Crippen molar-refractivity contribution in [3.8, 4) is 0 Å². The number of amides is 1. The van der Waals surface area contributed by atoms with Crippen molar-refractivity contribution in [1.29, 1.82) is 0 Å². The largest absolute Gasteiger partial charge is 0.383 e. The van der Waals surface area contributed by atoms with Crippen LogP contribution in [0.15, 0.2) is 0 Å². The quantitative estimate of drug-likeness (QED) is 0.670. The molecule has 90 valence electrons. The Balaban J connectivity index is 4.47. The molecule has 0 rings (SSSR count). The molecule has 3 nitrogen and oxygen atoms in total. The number of rotatable bonds is 7. The van der Waals surface area contributed by atoms with Crippen molar-refractivity contribution in [2.75, 3.05) is 20.3 Å². The minimum atomic E-state index is -0.116. The van der Waals surface area contributed by atoms with Crippen molar-refractivity contribution in [2.45, 2.75) is 44.5 Å². The SMILES string of the molecule is CCC(CC)N(CCOC)C(=O)C(C)Br. The molecule has 0 saturated carbocycles. The van der Waals surface area contributed by atoms with Crippen LogP contribution in [-0.2, 0) is 9.53 Å². The predicted octanol–water partition coefficient (Wildman–Crippen LogP) is 2.43. The number of nitrogens with zero attached hydrogens (tertiary/aromatic N) is 1. The monoisotopic (exact) mass is 279 g/mol. The van der Waals surface area contributed by atoms with Gasteiger partial charge in [-0.05, 0) is 19.8 Å². The highest BCUT2D eigenvalue weighted by atomic mass is 79.9. The van der Waals surface area contributed by atoms with Crippen LogP contribution >= 0.6 is 15.9 Å². The Labute approximate surface area is 101 Å². The van der Waals surface area contributed by atoms with Crippen molar-refractivity contribution >= 4 is 21.8 Å². The average molecular weight is 280 g/mol. The standard InChI is InChI=1S/C11H22BrNO2/c1-5-10(6-2)13(7-8-15-4)11(14)9(3)12/h9-10H,5-8H2,1-4H3. The maximum absolute atomic E-state index is 11.9. The second-order valence-electron chi connectivity index (χ2n) is 3.61. The number of hydrogen-bond donors (Lipinski definition) is 0. The summed E-state index contributed by atoms with van der Waals surface area (Å²) in [4.78, 5) is 13.7. The zero-order chi connectivity index (χ0) is 11.8. The number of ether oxygens (including phenoxy) is 1. The summed E-state index contributed by atoms with van der Waals surface area (Å²) in [6, 6.07) is 0.327. The molecule has 0 heterocycles. The molecule has 0 aromatic carbocycles. The highest BCUT2D eigenvalue weighted by molar-refractivity contribution is 9.10. The van der Waals surface area contributed by atoms with Gasteiger partial charge in [-0.2, -0.15) is 0 Å². The van der Waals surface area contributed by atoms with E-state index >= 15 is 0 Å². The molecule has 0 saturated heterocycles. The topological polar surface area (TPSA) is 29.5 Å². The second-order valence-corrected chi connectivity index (χ2v) is 4.98. The van der Waals surface area contributed by atoms with E-state index in [9.17, 15) is 4.79 Å². The number of halogens is 1. The summed E-state index contributed by atoms with van der Waals surface area (Å²) in [6.45, 7) is 7.37. The number of carbonyl (C=O) groups is 1. The molecule has 0 N–H and O–H groups in total. The smallest absolute Gasteiger partial charge is 0.236 e. The van der Waals surface area contributed by atoms with Gasteiger partial charge in [-0.15, -0.1) is 0 Å². The lowest BCUT2D eigenvalue weighted by Gasteiger charge is -2.31. The summed E-state index contributed by atoms with van der Waals surface area (Å²) in [7, 11) is 1.66. The molecular formula is C11H22BrNO2. The van der Waals surface area contributed by atoms with Gasteiger partial charge in [0.05, 0.1) is 11.4 Å². The first-order valence-corrected chi connectivity index (χ1v) is 6.43. The summed E-state index contributed by atoms with van der Waals surface area (Å²) >= 11 is 3.33. The molecule has 0 spiro atoms. The fraction of sp³-hybridized carbons (Fsp3) is 0.909. The lowest BCUT2D eigenvalue weighted by atomic mass is 10.1. The Morgan fingerprint density at radius 2 is 1.93 bits per heavy atom. The first-order chi connectivity index (χ1) is 7.08. The van der Waals surface area contributed by atoms with Crippen LogP contribution in [0.3, 0.4) is 0 Å². The number of carbonyl (C=O) groups excluding carboxylic acids is 1. The van der Waals surface area contributed by atoms with Crippen LogP contribution in [0.25, 0.3) is 0 Å². The number of hydrogen-bond acceptors (Lipinski definition) is 2. The molecule has 0 bridgehead atoms. The summed E-state index contributed by atoms with van der Waals surface area (Å²) in [5.41, 5.74) is 0. The van der Waals surface area contributed by atoms with Gasteiger partial charge in [-0.25, -0.2) is 0 Å². The second kappa shape index (κ2) is 8.11. The van der Waals surface area contributed by atoms with Gasteiger partial charge in [0.1, 0.15) is 0 Å². The van der Waals surface area contributed by atoms with E-state index in [2.05, 4.69) is 29.8 Å². The van der Waals surface area contributed by atoms with E-state index in [0.29, 0.717) is 19.2 Å². The first kappa shape index (κ1) is 14.9. The molecule has 1 unspecified atom stereocenters. The third kappa shape index (κ3) is 4.98. The van der Waals surface area contributed by atoms with Gasteiger partial charge in [0.25, 0.3) is 0 Å². The Morgan fingerprint density at radius 1 is 1.40 bits per heavy atom. The molecule has 1 amide bonds. The zero-order valence-corrected chi connectivity index (χ0v) is 11.7. The molecular weight excluding hydrogens is 258 g/mol. The molecule has 15 heavy (non-hydrogen) atoms. The Morgan fingerprint density at radius 3 is 2.27 bits per heavy atom. The van der Waals surface area contributed by atoms with Gasteiger partial charge in [0.2, 0.25) is 5.91 Å². The number of alkyl halides is 1. The summed E-state index contributed by atoms with van der Waals surface area (Å²) < 4.78 is 5.03. The van der Waals surface area contributed by atoms with Gasteiger partial charge in [0.15, 0.2) is 0 Å². The van der Waals surface area contributed by atoms with Crippen molar-refractivity contribution in [1.82, 2.24) is 4.90 Å². The van der Waals surface area contributed by atoms with Crippen molar-refractivity contribution in [2.24, 2.45) is 0 Å². The predicted molar refractivity (Wildman–Crippen MR) is 66.3 cm³/mol. The van der Waals surface area contributed by atoms with Crippen molar-refractivity contribution in [3.05, 3.63) is 0 Å². The van der Waals surface area contributed by atoms with E-state index in [0.717, 1.165) is 12.8 Å². The summed E-state index contributed by atoms with van der Waals surface area (Å²) in [6.07, 6.45) is 1.98. The first-order valence-electron chi connectivity index (χ1n) is 5.51. The Kier molecular flexibility index (Phi) is 8.06. The fourth-order valence-corrected chi connectivity index (χ4v) is 1.88. The normalized spacial score (nSPS) is 12.9. The van der Waals surface area contributed by atoms with Gasteiger partial charge in [-0.3, -0.25) is 4.79 Å². The molecule has 0 aliphatic rings. The van der Waals surface area contributed by atoms with E-state index in [-0.39, 0.29) is 10.7 Å². The van der Waals surface area contributed by atoms with Gasteiger partial charge in [0, 0.05) is 19.7 Å². The number of methoxy groups -OCH3 is 1. The highest BCUT2D eigenvalue weighted by Gasteiger charge is 2.23. The minimum Gasteiger partial charge on any atom is -0.383 e. The fourth-order valence-electron chi connectivity index (χ4n) is 1.62. The Hall–Kier alpha value is -0.0900. The molecule has 0 radical (unpaired) electrons. The Bertz CT molecular complexity index is 181. The molecule has 0 aliphatic carbocycles. The van der Waals surface area contributed by atoms with Crippen LogP contribution in [0.2, 0.25) is 0 Å². The van der Waals surface area contributed by atoms with Gasteiger partial charge >= 0.3 is 0 Å². The van der Waals surface area contributed by atoms with Crippen molar-refractivity contribution < 1.29 is 9.53 Å². The third-order valence-electron chi connectivity index (χ3n) is 2.54. The van der Waals surface area contributed by atoms with E-state index in [1.807, 2.05) is 11.8 Å². The van der Waals surface area contributed by atoms with Crippen LogP contribution in [-0.4, -0.2) is 41.9 Å². The summed E-state index contributed by atoms with van der Waals surface area (Å²) in [5, 5.41) is 0. The van der Waals surface area contributed by atoms with E-state index < -0.39 is 0 Å². The lowest BCUT2D eigenvalue weighted by molar-refractivity contribution is -0.133. The summed E-state index contributed by atoms with van der Waals surface area (Å²) in [5.74, 6) is 0.153. The zero-order valence-electron chi connectivity index (χ0n) is 10.1. The molecule has 0 fully saturated rings. The van der Waals surface area contributed by atoms with E-state index in [4.69, 9.17) is 4.74 Å². The molecule has 1 atom stereocenters. The van der Waals surface area contributed by atoms with Crippen molar-refractivity contribution in [3.63, 3.8) is 0 Å². The van der Waals surface area contributed by atoms with Crippen LogP contribution < -0.4 is 0 Å². The maximum atomic E-state index is 11.9. The van der Waals surface area contributed by atoms with Crippen LogP contribution in [0.4, 0.5) is 0 Å². The minimum absolute atomic E-state index is 0.116. The van der Waals surface area contributed by atoms with Gasteiger partial charge < -0.3 is 9.64 Å². The molecule has 0 aliphatic heterocycles. The molecule has 0 aromatic heterocycles. The molecule has 4 heteroatoms. The molecule has 0 aromatic rings. The van der Waals surface area contributed by atoms with E-state index in [1.165, 1.54) is 0 Å². The third-order valence-corrected chi connectivity index (χ3v) is 2.93.